The van der Waals surface area contributed by atoms with Gasteiger partial charge >= 0.3 is 5.97 Å². The van der Waals surface area contributed by atoms with Crippen molar-refractivity contribution < 1.29 is 23.5 Å². The van der Waals surface area contributed by atoms with Gasteiger partial charge in [-0.05, 0) is 19.9 Å². The maximum Gasteiger partial charge on any atom is 0.331 e. The average Bonchev–Trinajstić information content (AvgIpc) is 2.28. The van der Waals surface area contributed by atoms with Gasteiger partial charge in [-0.15, -0.1) is 0 Å². The maximum absolute atomic E-state index is 13.7. The standard InChI is InChI=1S/C13H15F2NO3/c1-7(2)16(8(3)17)12(13(18)19)9-5-4-6-10(14)11(9)15/h4-7,12H,1-3H3,(H,18,19). The highest BCUT2D eigenvalue weighted by atomic mass is 19.2. The third kappa shape index (κ3) is 3.07. The zero-order valence-corrected chi connectivity index (χ0v) is 10.9. The summed E-state index contributed by atoms with van der Waals surface area (Å²) in [6.07, 6.45) is 0. The number of nitrogens with zero attached hydrogens (tertiary/aromatic N) is 1. The van der Waals surface area contributed by atoms with Crippen molar-refractivity contribution in [3.05, 3.63) is 35.4 Å². The summed E-state index contributed by atoms with van der Waals surface area (Å²) in [7, 11) is 0. The normalized spacial score (nSPS) is 12.3. The van der Waals surface area contributed by atoms with Gasteiger partial charge in [0.1, 0.15) is 0 Å². The van der Waals surface area contributed by atoms with E-state index in [9.17, 15) is 23.5 Å². The van der Waals surface area contributed by atoms with Gasteiger partial charge in [0.15, 0.2) is 17.7 Å². The Balaban J connectivity index is 3.39. The zero-order chi connectivity index (χ0) is 14.7. The highest BCUT2D eigenvalue weighted by molar-refractivity contribution is 5.83. The minimum Gasteiger partial charge on any atom is -0.479 e. The van der Waals surface area contributed by atoms with Gasteiger partial charge < -0.3 is 10.0 Å². The van der Waals surface area contributed by atoms with Gasteiger partial charge in [0.2, 0.25) is 5.91 Å². The summed E-state index contributed by atoms with van der Waals surface area (Å²) < 4.78 is 26.9. The molecule has 0 aliphatic rings. The van der Waals surface area contributed by atoms with Gasteiger partial charge in [-0.1, -0.05) is 12.1 Å². The lowest BCUT2D eigenvalue weighted by molar-refractivity contribution is -0.151. The number of hydrogen-bond acceptors (Lipinski definition) is 2. The van der Waals surface area contributed by atoms with E-state index in [1.165, 1.54) is 13.0 Å². The topological polar surface area (TPSA) is 57.6 Å². The Kier molecular flexibility index (Phi) is 4.58. The van der Waals surface area contributed by atoms with Crippen LogP contribution < -0.4 is 0 Å². The van der Waals surface area contributed by atoms with E-state index in [4.69, 9.17) is 0 Å². The third-order valence-electron chi connectivity index (χ3n) is 2.71. The number of carboxylic acids is 1. The second-order valence-electron chi connectivity index (χ2n) is 4.40. The molecule has 0 heterocycles. The molecule has 1 rings (SSSR count). The Hall–Kier alpha value is -1.98. The van der Waals surface area contributed by atoms with E-state index in [-0.39, 0.29) is 5.56 Å². The number of halogens is 2. The highest BCUT2D eigenvalue weighted by Crippen LogP contribution is 2.27. The minimum atomic E-state index is -1.55. The first kappa shape index (κ1) is 15.1. The van der Waals surface area contributed by atoms with Crippen molar-refractivity contribution in [3.8, 4) is 0 Å². The molecule has 4 nitrogen and oxygen atoms in total. The fourth-order valence-electron chi connectivity index (χ4n) is 1.98. The van der Waals surface area contributed by atoms with Crippen LogP contribution in [0, 0.1) is 11.6 Å². The van der Waals surface area contributed by atoms with Crippen molar-refractivity contribution in [1.29, 1.82) is 0 Å². The Morgan fingerprint density at radius 1 is 1.26 bits per heavy atom. The number of amides is 1. The molecule has 1 amide bonds. The highest BCUT2D eigenvalue weighted by Gasteiger charge is 2.34. The van der Waals surface area contributed by atoms with E-state index >= 15 is 0 Å². The molecule has 1 unspecified atom stereocenters. The Morgan fingerprint density at radius 3 is 2.26 bits per heavy atom. The van der Waals surface area contributed by atoms with Gasteiger partial charge in [-0.2, -0.15) is 0 Å². The van der Waals surface area contributed by atoms with E-state index in [0.29, 0.717) is 0 Å². The summed E-state index contributed by atoms with van der Waals surface area (Å²) in [5.41, 5.74) is -0.364. The summed E-state index contributed by atoms with van der Waals surface area (Å²) in [4.78, 5) is 23.9. The third-order valence-corrected chi connectivity index (χ3v) is 2.71. The predicted octanol–water partition coefficient (Wildman–Crippen LogP) is 2.35. The van der Waals surface area contributed by atoms with Gasteiger partial charge in [-0.25, -0.2) is 13.6 Å². The molecule has 1 aromatic rings. The van der Waals surface area contributed by atoms with Crippen LogP contribution in [0.1, 0.15) is 32.4 Å². The van der Waals surface area contributed by atoms with E-state index in [1.807, 2.05) is 0 Å². The molecule has 6 heteroatoms. The SMILES string of the molecule is CC(=O)N(C(C)C)C(C(=O)O)c1cccc(F)c1F. The van der Waals surface area contributed by atoms with Crippen LogP contribution in [0.4, 0.5) is 8.78 Å². The van der Waals surface area contributed by atoms with Crippen LogP contribution in [0.15, 0.2) is 18.2 Å². The first-order valence-electron chi connectivity index (χ1n) is 5.73. The van der Waals surface area contributed by atoms with Crippen molar-refractivity contribution in [1.82, 2.24) is 4.90 Å². The summed E-state index contributed by atoms with van der Waals surface area (Å²) in [5, 5.41) is 9.23. The lowest BCUT2D eigenvalue weighted by Gasteiger charge is -2.32. The van der Waals surface area contributed by atoms with Crippen molar-refractivity contribution >= 4 is 11.9 Å². The lowest BCUT2D eigenvalue weighted by Crippen LogP contribution is -2.42. The molecule has 0 aliphatic heterocycles. The first-order chi connectivity index (χ1) is 8.77. The molecular weight excluding hydrogens is 256 g/mol. The molecule has 1 atom stereocenters. The maximum atomic E-state index is 13.7. The number of rotatable bonds is 4. The molecule has 19 heavy (non-hydrogen) atoms. The van der Waals surface area contributed by atoms with Crippen molar-refractivity contribution in [3.63, 3.8) is 0 Å². The van der Waals surface area contributed by atoms with Crippen LogP contribution >= 0.6 is 0 Å². The molecule has 0 bridgehead atoms. The van der Waals surface area contributed by atoms with Crippen LogP contribution in [0.3, 0.4) is 0 Å². The summed E-state index contributed by atoms with van der Waals surface area (Å²) in [6, 6.07) is 1.26. The average molecular weight is 271 g/mol. The Labute approximate surface area is 109 Å². The fourth-order valence-corrected chi connectivity index (χ4v) is 1.98. The largest absolute Gasteiger partial charge is 0.479 e. The second kappa shape index (κ2) is 5.77. The smallest absolute Gasteiger partial charge is 0.331 e. The van der Waals surface area contributed by atoms with E-state index in [0.717, 1.165) is 17.0 Å². The van der Waals surface area contributed by atoms with Crippen molar-refractivity contribution in [2.75, 3.05) is 0 Å². The van der Waals surface area contributed by atoms with E-state index in [1.54, 1.807) is 13.8 Å². The Morgan fingerprint density at radius 2 is 1.84 bits per heavy atom. The first-order valence-corrected chi connectivity index (χ1v) is 5.73. The fraction of sp³-hybridized carbons (Fsp3) is 0.385. The molecular formula is C13H15F2NO3. The van der Waals surface area contributed by atoms with Gasteiger partial charge in [0.25, 0.3) is 0 Å². The number of carboxylic acid groups (broad SMARTS) is 1. The summed E-state index contributed by atoms with van der Waals surface area (Å²) >= 11 is 0. The van der Waals surface area contributed by atoms with Crippen LogP contribution in [-0.4, -0.2) is 27.9 Å². The number of carbonyl (C=O) groups excluding carboxylic acids is 1. The predicted molar refractivity (Wildman–Crippen MR) is 64.4 cm³/mol. The monoisotopic (exact) mass is 271 g/mol. The minimum absolute atomic E-state index is 0.364. The van der Waals surface area contributed by atoms with Gasteiger partial charge in [0.05, 0.1) is 0 Å². The number of benzene rings is 1. The zero-order valence-electron chi connectivity index (χ0n) is 10.9. The van der Waals surface area contributed by atoms with Crippen LogP contribution in [0.5, 0.6) is 0 Å². The van der Waals surface area contributed by atoms with E-state index < -0.39 is 35.6 Å². The number of carbonyl (C=O) groups is 2. The molecule has 0 aliphatic carbocycles. The molecule has 0 aromatic heterocycles. The van der Waals surface area contributed by atoms with Crippen LogP contribution in [0.2, 0.25) is 0 Å². The second-order valence-corrected chi connectivity index (χ2v) is 4.40. The van der Waals surface area contributed by atoms with Gasteiger partial charge in [-0.3, -0.25) is 4.79 Å². The molecule has 0 saturated carbocycles. The molecule has 0 spiro atoms. The molecule has 1 N–H and O–H groups in total. The summed E-state index contributed by atoms with van der Waals surface area (Å²) in [6.45, 7) is 4.40. The quantitative estimate of drug-likeness (QED) is 0.914. The van der Waals surface area contributed by atoms with Crippen LogP contribution in [0.25, 0.3) is 0 Å². The molecule has 0 radical (unpaired) electrons. The lowest BCUT2D eigenvalue weighted by atomic mass is 10.0. The van der Waals surface area contributed by atoms with Crippen molar-refractivity contribution in [2.24, 2.45) is 0 Å². The molecule has 1 aromatic carbocycles. The number of aliphatic carboxylic acids is 1. The molecule has 104 valence electrons. The Bertz CT molecular complexity index is 503. The summed E-state index contributed by atoms with van der Waals surface area (Å²) in [5.74, 6) is -4.32. The molecule has 0 fully saturated rings. The van der Waals surface area contributed by atoms with E-state index in [2.05, 4.69) is 0 Å². The number of hydrogen-bond donors (Lipinski definition) is 1. The molecule has 0 saturated heterocycles. The van der Waals surface area contributed by atoms with Crippen molar-refractivity contribution in [2.45, 2.75) is 32.9 Å². The van der Waals surface area contributed by atoms with Gasteiger partial charge in [0, 0.05) is 18.5 Å². The van der Waals surface area contributed by atoms with Crippen LogP contribution in [-0.2, 0) is 9.59 Å².